The minimum absolute atomic E-state index is 0.123. The molecule has 86 valence electrons. The first-order valence-electron chi connectivity index (χ1n) is 4.95. The van der Waals surface area contributed by atoms with E-state index in [-0.39, 0.29) is 13.0 Å². The number of ether oxygens (including phenoxy) is 1. The molecule has 0 aliphatic heterocycles. The number of carbonyl (C=O) groups is 2. The van der Waals surface area contributed by atoms with Gasteiger partial charge in [0.25, 0.3) is 0 Å². The summed E-state index contributed by atoms with van der Waals surface area (Å²) in [7, 11) is 0. The predicted octanol–water partition coefficient (Wildman–Crippen LogP) is 2.00. The summed E-state index contributed by atoms with van der Waals surface area (Å²) in [5.41, 5.74) is -0.781. The molecule has 0 bridgehead atoms. The molecule has 0 amide bonds. The van der Waals surface area contributed by atoms with Crippen molar-refractivity contribution in [2.45, 2.75) is 33.6 Å². The number of carboxylic acids is 1. The van der Waals surface area contributed by atoms with Crippen LogP contribution in [0, 0.1) is 5.41 Å². The third-order valence-electron chi connectivity index (χ3n) is 2.30. The van der Waals surface area contributed by atoms with Gasteiger partial charge in [0.15, 0.2) is 5.41 Å². The first-order chi connectivity index (χ1) is 6.88. The SMILES string of the molecule is C=C(CC)CC(C)(C(=O)O)C(=O)OCC. The zero-order valence-corrected chi connectivity index (χ0v) is 9.50. The summed E-state index contributed by atoms with van der Waals surface area (Å²) in [6.07, 6.45) is 0.778. The summed E-state index contributed by atoms with van der Waals surface area (Å²) in [6, 6.07) is 0. The largest absolute Gasteiger partial charge is 0.480 e. The Kier molecular flexibility index (Phi) is 5.05. The van der Waals surface area contributed by atoms with Crippen LogP contribution in [0.3, 0.4) is 0 Å². The van der Waals surface area contributed by atoms with Gasteiger partial charge in [0.2, 0.25) is 0 Å². The standard InChI is InChI=1S/C11H18O4/c1-5-8(3)7-11(4,9(12)13)10(14)15-6-2/h3,5-7H2,1-2,4H3,(H,12,13). The zero-order valence-electron chi connectivity index (χ0n) is 9.50. The molecule has 0 aliphatic carbocycles. The van der Waals surface area contributed by atoms with Crippen LogP contribution in [0.15, 0.2) is 12.2 Å². The Morgan fingerprint density at radius 2 is 1.93 bits per heavy atom. The van der Waals surface area contributed by atoms with Crippen molar-refractivity contribution in [2.24, 2.45) is 5.41 Å². The Labute approximate surface area is 89.9 Å². The van der Waals surface area contributed by atoms with E-state index in [1.807, 2.05) is 6.92 Å². The van der Waals surface area contributed by atoms with E-state index < -0.39 is 17.4 Å². The maximum Gasteiger partial charge on any atom is 0.323 e. The highest BCUT2D eigenvalue weighted by Crippen LogP contribution is 2.28. The van der Waals surface area contributed by atoms with Crippen LogP contribution in [-0.4, -0.2) is 23.7 Å². The summed E-state index contributed by atoms with van der Waals surface area (Å²) in [5, 5.41) is 9.03. The van der Waals surface area contributed by atoms with Crippen molar-refractivity contribution in [3.8, 4) is 0 Å². The van der Waals surface area contributed by atoms with Crippen molar-refractivity contribution < 1.29 is 19.4 Å². The molecule has 0 saturated carbocycles. The first-order valence-corrected chi connectivity index (χ1v) is 4.95. The third-order valence-corrected chi connectivity index (χ3v) is 2.30. The molecule has 1 N–H and O–H groups in total. The van der Waals surface area contributed by atoms with Gasteiger partial charge in [-0.2, -0.15) is 0 Å². The van der Waals surface area contributed by atoms with Crippen molar-refractivity contribution >= 4 is 11.9 Å². The molecule has 0 aromatic heterocycles. The van der Waals surface area contributed by atoms with Crippen molar-refractivity contribution in [1.82, 2.24) is 0 Å². The van der Waals surface area contributed by atoms with Gasteiger partial charge in [0.05, 0.1) is 6.61 Å². The van der Waals surface area contributed by atoms with Gasteiger partial charge in [-0.05, 0) is 26.7 Å². The zero-order chi connectivity index (χ0) is 12.1. The molecule has 0 saturated heterocycles. The highest BCUT2D eigenvalue weighted by molar-refractivity contribution is 5.98. The molecule has 0 aromatic carbocycles. The van der Waals surface area contributed by atoms with Crippen LogP contribution in [0.2, 0.25) is 0 Å². The van der Waals surface area contributed by atoms with Crippen LogP contribution >= 0.6 is 0 Å². The molecule has 1 unspecified atom stereocenters. The van der Waals surface area contributed by atoms with Gasteiger partial charge in [0, 0.05) is 0 Å². The van der Waals surface area contributed by atoms with Crippen LogP contribution in [0.4, 0.5) is 0 Å². The lowest BCUT2D eigenvalue weighted by atomic mass is 9.83. The fraction of sp³-hybridized carbons (Fsp3) is 0.636. The lowest BCUT2D eigenvalue weighted by Gasteiger charge is -2.23. The molecule has 1 atom stereocenters. The number of carboxylic acid groups (broad SMARTS) is 1. The van der Waals surface area contributed by atoms with Crippen LogP contribution in [-0.2, 0) is 14.3 Å². The Balaban J connectivity index is 4.81. The van der Waals surface area contributed by atoms with Crippen LogP contribution in [0.25, 0.3) is 0 Å². The lowest BCUT2D eigenvalue weighted by molar-refractivity contribution is -0.167. The minimum atomic E-state index is -1.51. The summed E-state index contributed by atoms with van der Waals surface area (Å²) in [5.74, 6) is -1.87. The van der Waals surface area contributed by atoms with E-state index in [0.717, 1.165) is 5.57 Å². The van der Waals surface area contributed by atoms with E-state index >= 15 is 0 Å². The molecule has 0 rings (SSSR count). The summed E-state index contributed by atoms with van der Waals surface area (Å²) >= 11 is 0. The fourth-order valence-corrected chi connectivity index (χ4v) is 1.15. The van der Waals surface area contributed by atoms with Gasteiger partial charge in [0.1, 0.15) is 0 Å². The fourth-order valence-electron chi connectivity index (χ4n) is 1.15. The van der Waals surface area contributed by atoms with Crippen molar-refractivity contribution in [3.63, 3.8) is 0 Å². The highest BCUT2D eigenvalue weighted by atomic mass is 16.5. The number of carbonyl (C=O) groups excluding carboxylic acids is 1. The second-order valence-electron chi connectivity index (χ2n) is 3.64. The molecular weight excluding hydrogens is 196 g/mol. The van der Waals surface area contributed by atoms with E-state index in [0.29, 0.717) is 6.42 Å². The van der Waals surface area contributed by atoms with E-state index in [1.165, 1.54) is 6.92 Å². The average Bonchev–Trinajstić information content (AvgIpc) is 2.17. The van der Waals surface area contributed by atoms with Crippen LogP contribution in [0.5, 0.6) is 0 Å². The Morgan fingerprint density at radius 1 is 1.40 bits per heavy atom. The number of hydrogen-bond donors (Lipinski definition) is 1. The molecule has 0 heterocycles. The van der Waals surface area contributed by atoms with Gasteiger partial charge < -0.3 is 9.84 Å². The summed E-state index contributed by atoms with van der Waals surface area (Å²) < 4.78 is 4.75. The van der Waals surface area contributed by atoms with E-state index in [4.69, 9.17) is 9.84 Å². The van der Waals surface area contributed by atoms with Gasteiger partial charge >= 0.3 is 11.9 Å². The maximum absolute atomic E-state index is 11.5. The molecule has 4 heteroatoms. The van der Waals surface area contributed by atoms with E-state index in [9.17, 15) is 9.59 Å². The molecule has 0 spiro atoms. The molecular formula is C11H18O4. The highest BCUT2D eigenvalue weighted by Gasteiger charge is 2.42. The first kappa shape index (κ1) is 13.7. The quantitative estimate of drug-likeness (QED) is 0.417. The number of aliphatic carboxylic acids is 1. The van der Waals surface area contributed by atoms with Gasteiger partial charge in [-0.25, -0.2) is 0 Å². The molecule has 0 aromatic rings. The molecule has 15 heavy (non-hydrogen) atoms. The van der Waals surface area contributed by atoms with E-state index in [1.54, 1.807) is 6.92 Å². The second kappa shape index (κ2) is 5.53. The van der Waals surface area contributed by atoms with Crippen LogP contribution < -0.4 is 0 Å². The number of hydrogen-bond acceptors (Lipinski definition) is 3. The van der Waals surface area contributed by atoms with Crippen molar-refractivity contribution in [1.29, 1.82) is 0 Å². The topological polar surface area (TPSA) is 63.6 Å². The van der Waals surface area contributed by atoms with Gasteiger partial charge in [-0.3, -0.25) is 9.59 Å². The van der Waals surface area contributed by atoms with Crippen LogP contribution in [0.1, 0.15) is 33.6 Å². The smallest absolute Gasteiger partial charge is 0.323 e. The van der Waals surface area contributed by atoms with Gasteiger partial charge in [-0.15, -0.1) is 0 Å². The number of esters is 1. The third kappa shape index (κ3) is 3.38. The summed E-state index contributed by atoms with van der Waals surface area (Å²) in [6.45, 7) is 8.78. The Bertz CT molecular complexity index is 270. The number of allylic oxidation sites excluding steroid dienone is 1. The predicted molar refractivity (Wildman–Crippen MR) is 56.4 cm³/mol. The minimum Gasteiger partial charge on any atom is -0.480 e. The van der Waals surface area contributed by atoms with Crippen molar-refractivity contribution in [2.75, 3.05) is 6.61 Å². The monoisotopic (exact) mass is 214 g/mol. The Morgan fingerprint density at radius 3 is 2.27 bits per heavy atom. The molecule has 0 fully saturated rings. The average molecular weight is 214 g/mol. The van der Waals surface area contributed by atoms with Crippen molar-refractivity contribution in [3.05, 3.63) is 12.2 Å². The van der Waals surface area contributed by atoms with E-state index in [2.05, 4.69) is 6.58 Å². The second-order valence-corrected chi connectivity index (χ2v) is 3.64. The Hall–Kier alpha value is -1.32. The maximum atomic E-state index is 11.5. The lowest BCUT2D eigenvalue weighted by Crippen LogP contribution is -2.38. The molecule has 4 nitrogen and oxygen atoms in total. The van der Waals surface area contributed by atoms with Gasteiger partial charge in [-0.1, -0.05) is 19.1 Å². The normalized spacial score (nSPS) is 14.1. The molecule has 0 aliphatic rings. The molecule has 0 radical (unpaired) electrons. The summed E-state index contributed by atoms with van der Waals surface area (Å²) in [4.78, 5) is 22.6. The number of rotatable bonds is 6.